The van der Waals surface area contributed by atoms with Gasteiger partial charge in [-0.15, -0.1) is 10.2 Å². The quantitative estimate of drug-likeness (QED) is 0.208. The smallest absolute Gasteiger partial charge is 0.349 e. The molecule has 0 amide bonds. The molecular formula is C25H25F2N7O3. The van der Waals surface area contributed by atoms with Gasteiger partial charge in [-0.3, -0.25) is 10.4 Å². The van der Waals surface area contributed by atoms with Crippen LogP contribution in [-0.4, -0.2) is 50.7 Å². The average molecular weight is 510 g/mol. The Bertz CT molecular complexity index is 1420. The number of benzene rings is 2. The second kappa shape index (κ2) is 11.4. The lowest BCUT2D eigenvalue weighted by atomic mass is 9.90. The molecule has 0 spiro atoms. The molecule has 2 aromatic carbocycles. The summed E-state index contributed by atoms with van der Waals surface area (Å²) in [6.45, 7) is 0.957. The number of halogens is 2. The zero-order valence-electron chi connectivity index (χ0n) is 19.9. The number of hydrogen-bond acceptors (Lipinski definition) is 7. The molecule has 1 atom stereocenters. The van der Waals surface area contributed by atoms with Crippen LogP contribution in [0.2, 0.25) is 0 Å². The van der Waals surface area contributed by atoms with Gasteiger partial charge in [-0.25, -0.2) is 13.6 Å². The van der Waals surface area contributed by atoms with Gasteiger partial charge < -0.3 is 15.2 Å². The monoisotopic (exact) mass is 509 g/mol. The second-order valence-electron chi connectivity index (χ2n) is 7.97. The molecule has 1 unspecified atom stereocenters. The summed E-state index contributed by atoms with van der Waals surface area (Å²) in [5, 5.41) is 19.7. The molecule has 2 aromatic heterocycles. The third-order valence-electron chi connectivity index (χ3n) is 5.51. The molecule has 4 N–H and O–H groups in total. The molecule has 0 aliphatic rings. The van der Waals surface area contributed by atoms with Gasteiger partial charge >= 0.3 is 5.69 Å². The largest absolute Gasteiger partial charge is 0.494 e. The summed E-state index contributed by atoms with van der Waals surface area (Å²) in [4.78, 5) is 15.5. The van der Waals surface area contributed by atoms with Crippen LogP contribution in [0.25, 0.3) is 5.82 Å². The number of aromatic amines is 1. The molecule has 2 heterocycles. The van der Waals surface area contributed by atoms with Gasteiger partial charge in [0.05, 0.1) is 12.5 Å². The molecule has 37 heavy (non-hydrogen) atoms. The maximum Gasteiger partial charge on any atom is 0.349 e. The maximum atomic E-state index is 15.8. The first-order chi connectivity index (χ1) is 17.9. The summed E-state index contributed by atoms with van der Waals surface area (Å²) < 4.78 is 40.5. The maximum absolute atomic E-state index is 15.8. The van der Waals surface area contributed by atoms with Crippen LogP contribution in [0.15, 0.2) is 59.5 Å². The van der Waals surface area contributed by atoms with E-state index in [0.717, 1.165) is 10.2 Å². The third kappa shape index (κ3) is 5.80. The first kappa shape index (κ1) is 25.5. The molecule has 10 nitrogen and oxygen atoms in total. The number of aromatic nitrogens is 5. The van der Waals surface area contributed by atoms with E-state index in [1.165, 1.54) is 18.3 Å². The Labute approximate surface area is 210 Å². The van der Waals surface area contributed by atoms with E-state index in [2.05, 4.69) is 20.3 Å². The van der Waals surface area contributed by atoms with Crippen LogP contribution in [-0.2, 0) is 6.42 Å². The van der Waals surface area contributed by atoms with E-state index in [4.69, 9.17) is 20.6 Å². The van der Waals surface area contributed by atoms with Gasteiger partial charge in [0.1, 0.15) is 30.7 Å². The minimum atomic E-state index is -0.804. The van der Waals surface area contributed by atoms with E-state index in [0.29, 0.717) is 17.9 Å². The van der Waals surface area contributed by atoms with Gasteiger partial charge in [0.25, 0.3) is 0 Å². The molecule has 4 rings (SSSR count). The second-order valence-corrected chi connectivity index (χ2v) is 7.97. The van der Waals surface area contributed by atoms with Crippen LogP contribution in [0.1, 0.15) is 35.4 Å². The van der Waals surface area contributed by atoms with Crippen molar-refractivity contribution in [1.82, 2.24) is 25.0 Å². The van der Waals surface area contributed by atoms with Gasteiger partial charge in [-0.1, -0.05) is 24.3 Å². The van der Waals surface area contributed by atoms with E-state index in [-0.39, 0.29) is 41.8 Å². The number of ether oxygens (including phenoxy) is 2. The van der Waals surface area contributed by atoms with Crippen molar-refractivity contribution in [2.24, 2.45) is 5.73 Å². The highest BCUT2D eigenvalue weighted by Crippen LogP contribution is 2.36. The molecular weight excluding hydrogens is 484 g/mol. The van der Waals surface area contributed by atoms with Crippen LogP contribution in [0.5, 0.6) is 11.5 Å². The number of rotatable bonds is 11. The van der Waals surface area contributed by atoms with Crippen molar-refractivity contribution < 1.29 is 18.3 Å². The van der Waals surface area contributed by atoms with Crippen molar-refractivity contribution in [3.05, 3.63) is 93.5 Å². The Morgan fingerprint density at radius 1 is 1.22 bits per heavy atom. The van der Waals surface area contributed by atoms with Gasteiger partial charge in [-0.2, -0.15) is 9.78 Å². The number of nitrogens with two attached hydrogens (primary N) is 1. The van der Waals surface area contributed by atoms with Crippen LogP contribution >= 0.6 is 0 Å². The van der Waals surface area contributed by atoms with Crippen LogP contribution in [0.3, 0.4) is 0 Å². The number of nitrogen functional groups attached to an aromatic ring is 1. The normalized spacial score (nSPS) is 11.8. The van der Waals surface area contributed by atoms with Gasteiger partial charge in [0, 0.05) is 23.4 Å². The van der Waals surface area contributed by atoms with Crippen molar-refractivity contribution in [3.63, 3.8) is 0 Å². The molecule has 0 fully saturated rings. The van der Waals surface area contributed by atoms with Crippen LogP contribution in [0.4, 0.5) is 8.78 Å². The third-order valence-corrected chi connectivity index (χ3v) is 5.51. The first-order valence-corrected chi connectivity index (χ1v) is 11.5. The minimum absolute atomic E-state index is 0.0831. The summed E-state index contributed by atoms with van der Waals surface area (Å²) in [5.74, 6) is -1.11. The Hall–Kier alpha value is -4.61. The molecule has 0 bridgehead atoms. The highest BCUT2D eigenvalue weighted by atomic mass is 19.1. The number of nitrogens with zero attached hydrogens (tertiary/aromatic N) is 4. The molecule has 0 saturated heterocycles. The van der Waals surface area contributed by atoms with Crippen molar-refractivity contribution in [1.29, 1.82) is 5.41 Å². The summed E-state index contributed by atoms with van der Waals surface area (Å²) in [7, 11) is 0. The number of hydrogen-bond donors (Lipinski definition) is 3. The lowest BCUT2D eigenvalue weighted by Gasteiger charge is -2.19. The number of alkyl halides is 1. The summed E-state index contributed by atoms with van der Waals surface area (Å²) in [6.07, 6.45) is 1.67. The predicted octanol–water partition coefficient (Wildman–Crippen LogP) is 2.90. The molecule has 12 heteroatoms. The van der Waals surface area contributed by atoms with Gasteiger partial charge in [-0.05, 0) is 37.1 Å². The lowest BCUT2D eigenvalue weighted by Crippen LogP contribution is -2.17. The van der Waals surface area contributed by atoms with E-state index in [9.17, 15) is 9.18 Å². The average Bonchev–Trinajstić information content (AvgIpc) is 3.29. The minimum Gasteiger partial charge on any atom is -0.494 e. The molecule has 4 aromatic rings. The Kier molecular flexibility index (Phi) is 7.86. The Balaban J connectivity index is 1.84. The van der Waals surface area contributed by atoms with Gasteiger partial charge in [0.15, 0.2) is 17.4 Å². The zero-order chi connectivity index (χ0) is 26.4. The predicted molar refractivity (Wildman–Crippen MR) is 132 cm³/mol. The Morgan fingerprint density at radius 3 is 2.65 bits per heavy atom. The highest BCUT2D eigenvalue weighted by Gasteiger charge is 2.27. The summed E-state index contributed by atoms with van der Waals surface area (Å²) in [5.41, 5.74) is 6.41. The fourth-order valence-electron chi connectivity index (χ4n) is 3.82. The number of nitrogens with one attached hydrogen (secondary N) is 2. The van der Waals surface area contributed by atoms with E-state index < -0.39 is 24.1 Å². The molecule has 0 saturated carbocycles. The van der Waals surface area contributed by atoms with E-state index >= 15 is 4.39 Å². The van der Waals surface area contributed by atoms with Crippen LogP contribution < -0.4 is 20.9 Å². The first-order valence-electron chi connectivity index (χ1n) is 11.5. The molecule has 0 radical (unpaired) electrons. The number of H-pyrrole nitrogens is 1. The number of amidine groups is 1. The van der Waals surface area contributed by atoms with Crippen molar-refractivity contribution in [3.8, 4) is 17.3 Å². The lowest BCUT2D eigenvalue weighted by molar-refractivity contribution is 0.258. The molecule has 192 valence electrons. The van der Waals surface area contributed by atoms with Crippen molar-refractivity contribution >= 4 is 5.84 Å². The highest BCUT2D eigenvalue weighted by molar-refractivity contribution is 5.94. The summed E-state index contributed by atoms with van der Waals surface area (Å²) >= 11 is 0. The topological polar surface area (TPSA) is 145 Å². The van der Waals surface area contributed by atoms with Crippen molar-refractivity contribution in [2.75, 3.05) is 19.9 Å². The standard InChI is InChI=1S/C25H25F2N7O3/c1-2-36-17-13-18(22(27)20(14-17)37-11-9-26)19(12-15-5-7-16(8-6-15)23(28)29)24-31-25(35)34(33-24)21-4-3-10-30-32-21/h3-8,10,13-14,19H,2,9,11-12H2,1H3,(H3,28,29)(H,31,33,35). The van der Waals surface area contributed by atoms with E-state index in [1.54, 1.807) is 43.3 Å². The SMILES string of the molecule is CCOc1cc(OCCF)c(F)c(C(Cc2ccc(C(=N)N)cc2)c2nn(-c3cccnn3)c(=O)[nH]2)c1. The fourth-order valence-corrected chi connectivity index (χ4v) is 3.82. The van der Waals surface area contributed by atoms with E-state index in [1.807, 2.05) is 0 Å². The summed E-state index contributed by atoms with van der Waals surface area (Å²) in [6, 6.07) is 12.9. The molecule has 0 aliphatic carbocycles. The fraction of sp³-hybridized carbons (Fsp3) is 0.240. The zero-order valence-corrected chi connectivity index (χ0v) is 19.9. The Morgan fingerprint density at radius 2 is 2.00 bits per heavy atom. The van der Waals surface area contributed by atoms with Crippen LogP contribution in [0, 0.1) is 11.2 Å². The molecule has 0 aliphatic heterocycles. The van der Waals surface area contributed by atoms with Gasteiger partial charge in [0.2, 0.25) is 0 Å². The van der Waals surface area contributed by atoms with Crippen molar-refractivity contribution in [2.45, 2.75) is 19.3 Å².